The standard InChI is InChI=1S/C51H57N4O8P/c1-37(2)54(38(3)4)64(61-33-13-31-52)62-34-30-49(5)46-16-11-12-17-47(46)53(50(49)29-28-39-36-43(55(56)57)22-27-48(39)63-50)32-35-60-51(40-14-9-8-10-15-40,41-18-23-44(58-6)24-19-41)42-20-25-45(59-7)26-21-42/h8-12,14-29,36-38H,13,30,32-35H2,1-7H3. The van der Waals surface area contributed by atoms with Gasteiger partial charge in [0.25, 0.3) is 14.2 Å². The number of nitro groups is 1. The highest BCUT2D eigenvalue weighted by atomic mass is 31.2. The van der Waals surface area contributed by atoms with Crippen molar-refractivity contribution >= 4 is 26.0 Å². The summed E-state index contributed by atoms with van der Waals surface area (Å²) >= 11 is 0. The molecule has 2 aliphatic heterocycles. The van der Waals surface area contributed by atoms with Crippen LogP contribution in [0.1, 0.15) is 75.3 Å². The van der Waals surface area contributed by atoms with Gasteiger partial charge in [-0.1, -0.05) is 72.8 Å². The molecule has 3 atom stereocenters. The molecule has 64 heavy (non-hydrogen) atoms. The molecule has 334 valence electrons. The van der Waals surface area contributed by atoms with E-state index < -0.39 is 30.2 Å². The maximum absolute atomic E-state index is 11.9. The lowest BCUT2D eigenvalue weighted by Gasteiger charge is -2.49. The fraction of sp³-hybridized carbons (Fsp3) is 0.353. The largest absolute Gasteiger partial charge is 0.497 e. The Kier molecular flexibility index (Phi) is 14.4. The summed E-state index contributed by atoms with van der Waals surface area (Å²) in [6, 6.07) is 41.7. The molecule has 0 aromatic heterocycles. The number of rotatable bonds is 20. The van der Waals surface area contributed by atoms with Crippen molar-refractivity contribution in [1.82, 2.24) is 4.67 Å². The smallest absolute Gasteiger partial charge is 0.270 e. The Morgan fingerprint density at radius 1 is 0.812 bits per heavy atom. The van der Waals surface area contributed by atoms with Gasteiger partial charge in [0, 0.05) is 42.0 Å². The van der Waals surface area contributed by atoms with Gasteiger partial charge in [-0.3, -0.25) is 10.1 Å². The maximum atomic E-state index is 11.9. The second-order valence-corrected chi connectivity index (χ2v) is 18.0. The maximum Gasteiger partial charge on any atom is 0.270 e. The van der Waals surface area contributed by atoms with Gasteiger partial charge in [-0.15, -0.1) is 0 Å². The number of nitriles is 1. The number of benzene rings is 5. The van der Waals surface area contributed by atoms with Gasteiger partial charge in [0.05, 0.1) is 56.9 Å². The molecule has 0 bridgehead atoms. The Balaban J connectivity index is 1.30. The molecule has 0 saturated carbocycles. The molecule has 0 aliphatic carbocycles. The number of nitrogens with zero attached hydrogens (tertiary/aromatic N) is 4. The number of ether oxygens (including phenoxy) is 4. The SMILES string of the molecule is COc1ccc(C(OCCN2c3ccccc3C(C)(CCOP(OCCC#N)N(C(C)C)C(C)C)C23C=Cc2cc([N+](=O)[O-])ccc2O3)(c2ccccc2)c2ccc(OC)cc2)cc1. The molecule has 2 aliphatic rings. The van der Waals surface area contributed by atoms with Crippen LogP contribution in [0.15, 0.2) is 127 Å². The third-order valence-electron chi connectivity index (χ3n) is 12.2. The minimum absolute atomic E-state index is 0.0157. The molecule has 0 N–H and O–H groups in total. The highest BCUT2D eigenvalue weighted by Crippen LogP contribution is 2.58. The quantitative estimate of drug-likeness (QED) is 0.0243. The Morgan fingerprint density at radius 3 is 2.00 bits per heavy atom. The fourth-order valence-electron chi connectivity index (χ4n) is 9.17. The van der Waals surface area contributed by atoms with E-state index >= 15 is 0 Å². The number of hydrogen-bond donors (Lipinski definition) is 0. The van der Waals surface area contributed by atoms with E-state index in [1.54, 1.807) is 26.4 Å². The van der Waals surface area contributed by atoms with Crippen molar-refractivity contribution < 1.29 is 32.9 Å². The summed E-state index contributed by atoms with van der Waals surface area (Å²) in [5.74, 6) is 1.99. The van der Waals surface area contributed by atoms with E-state index in [0.29, 0.717) is 30.9 Å². The van der Waals surface area contributed by atoms with Crippen LogP contribution in [0.3, 0.4) is 0 Å². The first-order chi connectivity index (χ1) is 30.9. The van der Waals surface area contributed by atoms with Crippen LogP contribution in [0.2, 0.25) is 0 Å². The average molecular weight is 885 g/mol. The van der Waals surface area contributed by atoms with Gasteiger partial charge in [0.2, 0.25) is 5.72 Å². The molecular formula is C51H57N4O8P. The van der Waals surface area contributed by atoms with Crippen molar-refractivity contribution in [3.63, 3.8) is 0 Å². The molecule has 0 radical (unpaired) electrons. The molecule has 5 aromatic carbocycles. The fourth-order valence-corrected chi connectivity index (χ4v) is 10.8. The van der Waals surface area contributed by atoms with Crippen LogP contribution in [-0.2, 0) is 24.8 Å². The van der Waals surface area contributed by atoms with Crippen LogP contribution >= 0.6 is 8.53 Å². The zero-order valence-electron chi connectivity index (χ0n) is 37.6. The summed E-state index contributed by atoms with van der Waals surface area (Å²) in [5, 5.41) is 21.2. The van der Waals surface area contributed by atoms with E-state index in [1.807, 2.05) is 91.0 Å². The number of nitro benzene ring substituents is 1. The van der Waals surface area contributed by atoms with E-state index in [2.05, 4.69) is 74.5 Å². The summed E-state index contributed by atoms with van der Waals surface area (Å²) < 4.78 is 41.1. The lowest BCUT2D eigenvalue weighted by molar-refractivity contribution is -0.384. The second kappa shape index (κ2) is 19.9. The summed E-state index contributed by atoms with van der Waals surface area (Å²) in [6.45, 7) is 11.9. The lowest BCUT2D eigenvalue weighted by Crippen LogP contribution is -2.61. The molecule has 7 rings (SSSR count). The first-order valence-electron chi connectivity index (χ1n) is 21.7. The van der Waals surface area contributed by atoms with Gasteiger partial charge in [-0.2, -0.15) is 5.26 Å². The van der Waals surface area contributed by atoms with Crippen LogP contribution in [0.5, 0.6) is 17.2 Å². The molecular weight excluding hydrogens is 828 g/mol. The van der Waals surface area contributed by atoms with Crippen molar-refractivity contribution in [1.29, 1.82) is 5.26 Å². The lowest BCUT2D eigenvalue weighted by atomic mass is 9.72. The topological polar surface area (TPSA) is 129 Å². The number of methoxy groups -OCH3 is 2. The highest BCUT2D eigenvalue weighted by Gasteiger charge is 2.61. The minimum Gasteiger partial charge on any atom is -0.497 e. The van der Waals surface area contributed by atoms with Crippen LogP contribution in [0.25, 0.3) is 6.08 Å². The molecule has 13 heteroatoms. The van der Waals surface area contributed by atoms with Crippen molar-refractivity contribution in [3.8, 4) is 23.3 Å². The van der Waals surface area contributed by atoms with E-state index in [9.17, 15) is 15.4 Å². The van der Waals surface area contributed by atoms with Crippen LogP contribution in [-0.4, -0.2) is 68.0 Å². The van der Waals surface area contributed by atoms with Crippen molar-refractivity contribution in [3.05, 3.63) is 165 Å². The normalized spacial score (nSPS) is 18.2. The van der Waals surface area contributed by atoms with Gasteiger partial charge < -0.3 is 32.9 Å². The summed E-state index contributed by atoms with van der Waals surface area (Å²) in [6.07, 6.45) is 4.75. The van der Waals surface area contributed by atoms with E-state index in [4.69, 9.17) is 28.0 Å². The molecule has 1 spiro atoms. The predicted molar refractivity (Wildman–Crippen MR) is 251 cm³/mol. The minimum atomic E-state index is -1.50. The Bertz CT molecular complexity index is 2390. The zero-order chi connectivity index (χ0) is 45.5. The molecule has 0 amide bonds. The van der Waals surface area contributed by atoms with E-state index in [1.165, 1.54) is 6.07 Å². The van der Waals surface area contributed by atoms with Crippen LogP contribution in [0, 0.1) is 21.4 Å². The van der Waals surface area contributed by atoms with Crippen molar-refractivity contribution in [2.24, 2.45) is 0 Å². The van der Waals surface area contributed by atoms with Gasteiger partial charge >= 0.3 is 0 Å². The first kappa shape index (κ1) is 46.2. The van der Waals surface area contributed by atoms with Crippen LogP contribution in [0.4, 0.5) is 11.4 Å². The molecule has 0 fully saturated rings. The van der Waals surface area contributed by atoms with Gasteiger partial charge in [-0.25, -0.2) is 4.67 Å². The predicted octanol–water partition coefficient (Wildman–Crippen LogP) is 11.2. The van der Waals surface area contributed by atoms with Crippen molar-refractivity contribution in [2.75, 3.05) is 45.5 Å². The monoisotopic (exact) mass is 884 g/mol. The molecule has 3 unspecified atom stereocenters. The van der Waals surface area contributed by atoms with Crippen molar-refractivity contribution in [2.45, 2.75) is 76.3 Å². The molecule has 12 nitrogen and oxygen atoms in total. The zero-order valence-corrected chi connectivity index (χ0v) is 38.5. The van der Waals surface area contributed by atoms with E-state index in [0.717, 1.165) is 39.4 Å². The van der Waals surface area contributed by atoms with Gasteiger partial charge in [0.15, 0.2) is 0 Å². The van der Waals surface area contributed by atoms with Crippen LogP contribution < -0.4 is 19.1 Å². The van der Waals surface area contributed by atoms with Gasteiger partial charge in [-0.05, 0) is 112 Å². The molecule has 5 aromatic rings. The van der Waals surface area contributed by atoms with E-state index in [-0.39, 0.29) is 37.4 Å². The summed E-state index contributed by atoms with van der Waals surface area (Å²) in [4.78, 5) is 13.7. The number of fused-ring (bicyclic) bond motifs is 2. The Hall–Kier alpha value is -5.80. The average Bonchev–Trinajstić information content (AvgIpc) is 3.49. The Labute approximate surface area is 378 Å². The third kappa shape index (κ3) is 8.84. The molecule has 2 heterocycles. The number of hydrogen-bond acceptors (Lipinski definition) is 11. The molecule has 0 saturated heterocycles. The second-order valence-electron chi connectivity index (χ2n) is 16.6. The van der Waals surface area contributed by atoms with Gasteiger partial charge in [0.1, 0.15) is 22.8 Å². The first-order valence-corrected chi connectivity index (χ1v) is 22.8. The number of non-ortho nitro benzene ring substituents is 1. The summed E-state index contributed by atoms with van der Waals surface area (Å²) in [5.41, 5.74) is 2.51. The summed E-state index contributed by atoms with van der Waals surface area (Å²) in [7, 11) is 1.80. The highest BCUT2D eigenvalue weighted by molar-refractivity contribution is 7.44. The number of anilines is 1. The Morgan fingerprint density at radius 2 is 1.41 bits per heavy atom. The third-order valence-corrected chi connectivity index (χ3v) is 14.3. The number of para-hydroxylation sites is 1.